The minimum absolute atomic E-state index is 0.255. The van der Waals surface area contributed by atoms with E-state index in [1.165, 1.54) is 6.07 Å². The molecule has 0 spiro atoms. The van der Waals surface area contributed by atoms with E-state index in [2.05, 4.69) is 25.9 Å². The van der Waals surface area contributed by atoms with E-state index >= 15 is 0 Å². The number of hydrogen-bond acceptors (Lipinski definition) is 3. The van der Waals surface area contributed by atoms with Gasteiger partial charge in [-0.25, -0.2) is 14.4 Å². The predicted molar refractivity (Wildman–Crippen MR) is 74.3 cm³/mol. The van der Waals surface area contributed by atoms with Crippen molar-refractivity contribution in [2.45, 2.75) is 13.3 Å². The van der Waals surface area contributed by atoms with Crippen LogP contribution in [0.5, 0.6) is 0 Å². The zero-order chi connectivity index (χ0) is 13.4. The maximum absolute atomic E-state index is 13.6. The highest BCUT2D eigenvalue weighted by Gasteiger charge is 2.12. The van der Waals surface area contributed by atoms with Crippen molar-refractivity contribution in [2.24, 2.45) is 0 Å². The van der Waals surface area contributed by atoms with Gasteiger partial charge in [-0.3, -0.25) is 0 Å². The first-order valence-electron chi connectivity index (χ1n) is 5.89. The summed E-state index contributed by atoms with van der Waals surface area (Å²) < 4.78 is 19.8. The predicted octanol–water partition coefficient (Wildman–Crippen LogP) is 4.35. The van der Waals surface area contributed by atoms with Gasteiger partial charge < -0.3 is 4.42 Å². The quantitative estimate of drug-likeness (QED) is 0.659. The monoisotopic (exact) mass is 320 g/mol. The van der Waals surface area contributed by atoms with Crippen LogP contribution in [0.3, 0.4) is 0 Å². The molecule has 0 N–H and O–H groups in total. The Kier molecular flexibility index (Phi) is 3.06. The van der Waals surface area contributed by atoms with Gasteiger partial charge >= 0.3 is 0 Å². The molecule has 0 radical (unpaired) electrons. The third kappa shape index (κ3) is 2.26. The van der Waals surface area contributed by atoms with E-state index in [9.17, 15) is 4.39 Å². The van der Waals surface area contributed by atoms with Gasteiger partial charge in [0.15, 0.2) is 17.2 Å². The van der Waals surface area contributed by atoms with Crippen LogP contribution in [0.15, 0.2) is 39.4 Å². The minimum atomic E-state index is -0.368. The summed E-state index contributed by atoms with van der Waals surface area (Å²) in [6, 6.07) is 8.39. The maximum Gasteiger partial charge on any atom is 0.170 e. The van der Waals surface area contributed by atoms with Crippen molar-refractivity contribution >= 4 is 26.9 Å². The lowest BCUT2D eigenvalue weighted by atomic mass is 10.2. The Morgan fingerprint density at radius 1 is 1.26 bits per heavy atom. The van der Waals surface area contributed by atoms with Crippen LogP contribution in [-0.4, -0.2) is 9.97 Å². The van der Waals surface area contributed by atoms with Crippen LogP contribution >= 0.6 is 15.9 Å². The van der Waals surface area contributed by atoms with Gasteiger partial charge in [0.1, 0.15) is 16.1 Å². The molecule has 0 fully saturated rings. The lowest BCUT2D eigenvalue weighted by Crippen LogP contribution is -1.94. The molecule has 0 aliphatic heterocycles. The maximum atomic E-state index is 13.6. The fraction of sp³-hybridized carbons (Fsp3) is 0.143. The fourth-order valence-electron chi connectivity index (χ4n) is 1.90. The van der Waals surface area contributed by atoms with E-state index < -0.39 is 0 Å². The lowest BCUT2D eigenvalue weighted by molar-refractivity contribution is 0.567. The summed E-state index contributed by atoms with van der Waals surface area (Å²) in [4.78, 5) is 8.63. The third-order valence-electron chi connectivity index (χ3n) is 2.81. The van der Waals surface area contributed by atoms with Gasteiger partial charge in [-0.2, -0.15) is 0 Å². The summed E-state index contributed by atoms with van der Waals surface area (Å²) in [5, 5.41) is 0.725. The zero-order valence-corrected chi connectivity index (χ0v) is 11.7. The van der Waals surface area contributed by atoms with E-state index in [0.717, 1.165) is 11.8 Å². The molecule has 0 aliphatic rings. The van der Waals surface area contributed by atoms with Gasteiger partial charge in [0.05, 0.1) is 0 Å². The molecule has 1 aromatic carbocycles. The standard InChI is InChI=1S/C14H10BrFN2O/c1-2-13-17-10(7-12(15)18-13)11-6-8-4-3-5-9(16)14(8)19-11/h3-7H,2H2,1H3. The minimum Gasteiger partial charge on any atom is -0.451 e. The topological polar surface area (TPSA) is 38.9 Å². The summed E-state index contributed by atoms with van der Waals surface area (Å²) >= 11 is 3.34. The molecule has 0 saturated heterocycles. The molecule has 3 nitrogen and oxygen atoms in total. The summed E-state index contributed by atoms with van der Waals surface area (Å²) in [6.07, 6.45) is 0.723. The SMILES string of the molecule is CCc1nc(Br)cc(-c2cc3cccc(F)c3o2)n1. The summed E-state index contributed by atoms with van der Waals surface area (Å²) in [5.74, 6) is 0.885. The summed E-state index contributed by atoms with van der Waals surface area (Å²) in [7, 11) is 0. The Morgan fingerprint density at radius 3 is 2.84 bits per heavy atom. The molecule has 0 atom stereocenters. The molecule has 0 bridgehead atoms. The first kappa shape index (κ1) is 12.3. The highest BCUT2D eigenvalue weighted by molar-refractivity contribution is 9.10. The molecular formula is C14H10BrFN2O. The third-order valence-corrected chi connectivity index (χ3v) is 3.21. The summed E-state index contributed by atoms with van der Waals surface area (Å²) in [5.41, 5.74) is 0.902. The van der Waals surface area contributed by atoms with Crippen LogP contribution in [-0.2, 0) is 6.42 Å². The number of aryl methyl sites for hydroxylation is 1. The number of benzene rings is 1. The molecule has 3 rings (SSSR count). The average molecular weight is 321 g/mol. The van der Waals surface area contributed by atoms with Crippen LogP contribution in [0, 0.1) is 5.82 Å². The molecule has 0 amide bonds. The van der Waals surface area contributed by atoms with Gasteiger partial charge in [-0.15, -0.1) is 0 Å². The van der Waals surface area contributed by atoms with Crippen molar-refractivity contribution in [1.29, 1.82) is 0 Å². The van der Waals surface area contributed by atoms with E-state index in [1.807, 2.05) is 13.0 Å². The van der Waals surface area contributed by atoms with Gasteiger partial charge in [0.2, 0.25) is 0 Å². The number of halogens is 2. The summed E-state index contributed by atoms with van der Waals surface area (Å²) in [6.45, 7) is 1.98. The second-order valence-corrected chi connectivity index (χ2v) is 4.93. The van der Waals surface area contributed by atoms with Crippen LogP contribution in [0.2, 0.25) is 0 Å². The molecular weight excluding hydrogens is 311 g/mol. The van der Waals surface area contributed by atoms with E-state index in [1.54, 1.807) is 18.2 Å². The largest absolute Gasteiger partial charge is 0.451 e. The van der Waals surface area contributed by atoms with Crippen molar-refractivity contribution in [3.63, 3.8) is 0 Å². The molecule has 19 heavy (non-hydrogen) atoms. The van der Waals surface area contributed by atoms with Crippen LogP contribution in [0.25, 0.3) is 22.4 Å². The molecule has 2 aromatic heterocycles. The molecule has 96 valence electrons. The Bertz CT molecular complexity index is 754. The average Bonchev–Trinajstić information content (AvgIpc) is 2.83. The number of para-hydroxylation sites is 1. The molecule has 0 saturated carbocycles. The number of furan rings is 1. The first-order chi connectivity index (χ1) is 9.17. The van der Waals surface area contributed by atoms with Crippen LogP contribution in [0.1, 0.15) is 12.7 Å². The Hall–Kier alpha value is -1.75. The fourth-order valence-corrected chi connectivity index (χ4v) is 2.32. The van der Waals surface area contributed by atoms with Gasteiger partial charge in [-0.05, 0) is 28.1 Å². The Labute approximate surface area is 117 Å². The number of fused-ring (bicyclic) bond motifs is 1. The van der Waals surface area contributed by atoms with Gasteiger partial charge in [0.25, 0.3) is 0 Å². The zero-order valence-electron chi connectivity index (χ0n) is 10.2. The van der Waals surface area contributed by atoms with Crippen molar-refractivity contribution in [3.05, 3.63) is 46.6 Å². The van der Waals surface area contributed by atoms with Crippen LogP contribution < -0.4 is 0 Å². The number of nitrogens with zero attached hydrogens (tertiary/aromatic N) is 2. The van der Waals surface area contributed by atoms with E-state index in [0.29, 0.717) is 21.9 Å². The molecule has 5 heteroatoms. The van der Waals surface area contributed by atoms with Crippen molar-refractivity contribution < 1.29 is 8.81 Å². The highest BCUT2D eigenvalue weighted by Crippen LogP contribution is 2.29. The van der Waals surface area contributed by atoms with E-state index in [4.69, 9.17) is 4.42 Å². The van der Waals surface area contributed by atoms with Crippen molar-refractivity contribution in [2.75, 3.05) is 0 Å². The van der Waals surface area contributed by atoms with Gasteiger partial charge in [0, 0.05) is 17.9 Å². The second-order valence-electron chi connectivity index (χ2n) is 4.11. The van der Waals surface area contributed by atoms with Crippen LogP contribution in [0.4, 0.5) is 4.39 Å². The van der Waals surface area contributed by atoms with E-state index in [-0.39, 0.29) is 11.4 Å². The molecule has 3 aromatic rings. The normalized spacial score (nSPS) is 11.1. The highest BCUT2D eigenvalue weighted by atomic mass is 79.9. The number of hydrogen-bond donors (Lipinski definition) is 0. The lowest BCUT2D eigenvalue weighted by Gasteiger charge is -2.00. The smallest absolute Gasteiger partial charge is 0.170 e. The molecule has 2 heterocycles. The Balaban J connectivity index is 2.19. The van der Waals surface area contributed by atoms with Gasteiger partial charge in [-0.1, -0.05) is 19.1 Å². The second kappa shape index (κ2) is 4.74. The first-order valence-corrected chi connectivity index (χ1v) is 6.68. The number of aromatic nitrogens is 2. The van der Waals surface area contributed by atoms with Crippen molar-refractivity contribution in [3.8, 4) is 11.5 Å². The van der Waals surface area contributed by atoms with Crippen molar-refractivity contribution in [1.82, 2.24) is 9.97 Å². The molecule has 0 unspecified atom stereocenters. The Morgan fingerprint density at radius 2 is 2.11 bits per heavy atom. The number of rotatable bonds is 2. The molecule has 0 aliphatic carbocycles.